The summed E-state index contributed by atoms with van der Waals surface area (Å²) in [6.07, 6.45) is 4.12. The summed E-state index contributed by atoms with van der Waals surface area (Å²) in [6.45, 7) is 5.40. The van der Waals surface area contributed by atoms with Gasteiger partial charge in [-0.05, 0) is 43.2 Å². The van der Waals surface area contributed by atoms with E-state index in [4.69, 9.17) is 23.7 Å². The third-order valence-corrected chi connectivity index (χ3v) is 4.40. The molecule has 0 aliphatic heterocycles. The highest BCUT2D eigenvalue weighted by atomic mass is 16.5. The van der Waals surface area contributed by atoms with Gasteiger partial charge in [-0.25, -0.2) is 0 Å². The summed E-state index contributed by atoms with van der Waals surface area (Å²) in [5.74, 6) is 2.86. The monoisotopic (exact) mass is 429 g/mol. The lowest BCUT2D eigenvalue weighted by molar-refractivity contribution is -0.116. The minimum Gasteiger partial charge on any atom is -0.496 e. The molecule has 0 atom stereocenters. The maximum Gasteiger partial charge on any atom is 0.244 e. The minimum absolute atomic E-state index is 0.235. The zero-order valence-electron chi connectivity index (χ0n) is 18.8. The lowest BCUT2D eigenvalue weighted by atomic mass is 10.1. The standard InChI is InChI=1S/C24H31NO6/c1-6-12-31-19-10-8-17(13-23(19)30-7-2)9-11-24(26)25-16-18-14-21(28-4)22(29-5)15-20(18)27-3/h8-11,13-15H,6-7,12,16H2,1-5H3,(H,25,26)/b11-9+. The second-order valence-electron chi connectivity index (χ2n) is 6.56. The molecule has 0 saturated carbocycles. The predicted molar refractivity (Wildman–Crippen MR) is 120 cm³/mol. The minimum atomic E-state index is -0.235. The Labute approximate surface area is 183 Å². The Morgan fingerprint density at radius 2 is 1.58 bits per heavy atom. The highest BCUT2D eigenvalue weighted by Gasteiger charge is 2.12. The van der Waals surface area contributed by atoms with E-state index in [0.717, 1.165) is 17.5 Å². The van der Waals surface area contributed by atoms with E-state index >= 15 is 0 Å². The van der Waals surface area contributed by atoms with E-state index in [2.05, 4.69) is 5.32 Å². The Kier molecular flexibility index (Phi) is 9.55. The van der Waals surface area contributed by atoms with Gasteiger partial charge in [-0.15, -0.1) is 0 Å². The molecule has 0 bridgehead atoms. The van der Waals surface area contributed by atoms with Gasteiger partial charge in [-0.1, -0.05) is 13.0 Å². The van der Waals surface area contributed by atoms with Gasteiger partial charge >= 0.3 is 0 Å². The lowest BCUT2D eigenvalue weighted by Crippen LogP contribution is -2.20. The fraction of sp³-hybridized carbons (Fsp3) is 0.375. The van der Waals surface area contributed by atoms with E-state index in [1.807, 2.05) is 32.0 Å². The van der Waals surface area contributed by atoms with Crippen LogP contribution in [0.5, 0.6) is 28.7 Å². The number of hydrogen-bond donors (Lipinski definition) is 1. The maximum absolute atomic E-state index is 12.3. The average Bonchev–Trinajstić information content (AvgIpc) is 2.80. The van der Waals surface area contributed by atoms with Crippen LogP contribution >= 0.6 is 0 Å². The number of nitrogens with one attached hydrogen (secondary N) is 1. The van der Waals surface area contributed by atoms with E-state index < -0.39 is 0 Å². The molecule has 7 heteroatoms. The predicted octanol–water partition coefficient (Wildman–Crippen LogP) is 4.23. The Hall–Kier alpha value is -3.35. The van der Waals surface area contributed by atoms with Crippen LogP contribution in [0, 0.1) is 0 Å². The maximum atomic E-state index is 12.3. The molecule has 1 amide bonds. The average molecular weight is 430 g/mol. The Morgan fingerprint density at radius 3 is 2.23 bits per heavy atom. The number of benzene rings is 2. The zero-order chi connectivity index (χ0) is 22.6. The first kappa shape index (κ1) is 23.9. The quantitative estimate of drug-likeness (QED) is 0.509. The van der Waals surface area contributed by atoms with E-state index in [1.165, 1.54) is 6.08 Å². The molecular weight excluding hydrogens is 398 g/mol. The second kappa shape index (κ2) is 12.4. The smallest absolute Gasteiger partial charge is 0.244 e. The number of amides is 1. The molecular formula is C24H31NO6. The van der Waals surface area contributed by atoms with Crippen molar-refractivity contribution < 1.29 is 28.5 Å². The van der Waals surface area contributed by atoms with Crippen molar-refractivity contribution in [1.82, 2.24) is 5.32 Å². The van der Waals surface area contributed by atoms with Crippen LogP contribution < -0.4 is 29.0 Å². The third kappa shape index (κ3) is 6.84. The van der Waals surface area contributed by atoms with Gasteiger partial charge in [-0.2, -0.15) is 0 Å². The molecule has 168 valence electrons. The molecule has 1 N–H and O–H groups in total. The number of rotatable bonds is 12. The molecule has 2 rings (SSSR count). The van der Waals surface area contributed by atoms with Crippen LogP contribution in [-0.2, 0) is 11.3 Å². The van der Waals surface area contributed by atoms with Crippen LogP contribution in [0.3, 0.4) is 0 Å². The van der Waals surface area contributed by atoms with Crippen LogP contribution in [0.25, 0.3) is 6.08 Å². The van der Waals surface area contributed by atoms with Gasteiger partial charge in [-0.3, -0.25) is 4.79 Å². The normalized spacial score (nSPS) is 10.6. The van der Waals surface area contributed by atoms with Crippen molar-refractivity contribution in [2.24, 2.45) is 0 Å². The van der Waals surface area contributed by atoms with Gasteiger partial charge in [0.1, 0.15) is 5.75 Å². The summed E-state index contributed by atoms with van der Waals surface area (Å²) in [5, 5.41) is 2.85. The molecule has 0 saturated heterocycles. The third-order valence-electron chi connectivity index (χ3n) is 4.40. The number of ether oxygens (including phenoxy) is 5. The Bertz CT molecular complexity index is 894. The topological polar surface area (TPSA) is 75.3 Å². The Morgan fingerprint density at radius 1 is 0.871 bits per heavy atom. The lowest BCUT2D eigenvalue weighted by Gasteiger charge is -2.14. The molecule has 31 heavy (non-hydrogen) atoms. The van der Waals surface area contributed by atoms with Crippen molar-refractivity contribution in [3.05, 3.63) is 47.5 Å². The fourth-order valence-corrected chi connectivity index (χ4v) is 2.87. The molecule has 0 unspecified atom stereocenters. The molecule has 0 heterocycles. The zero-order valence-corrected chi connectivity index (χ0v) is 18.8. The summed E-state index contributed by atoms with van der Waals surface area (Å²) in [6, 6.07) is 9.11. The van der Waals surface area contributed by atoms with E-state index in [9.17, 15) is 4.79 Å². The molecule has 0 aliphatic carbocycles. The highest BCUT2D eigenvalue weighted by molar-refractivity contribution is 5.91. The van der Waals surface area contributed by atoms with Gasteiger partial charge in [0.15, 0.2) is 23.0 Å². The summed E-state index contributed by atoms with van der Waals surface area (Å²) in [4.78, 5) is 12.3. The Balaban J connectivity index is 2.06. The van der Waals surface area contributed by atoms with E-state index in [1.54, 1.807) is 39.5 Å². The molecule has 0 aliphatic rings. The summed E-state index contributed by atoms with van der Waals surface area (Å²) < 4.78 is 27.4. The van der Waals surface area contributed by atoms with E-state index in [-0.39, 0.29) is 12.5 Å². The van der Waals surface area contributed by atoms with Gasteiger partial charge in [0.25, 0.3) is 0 Å². The fourth-order valence-electron chi connectivity index (χ4n) is 2.87. The van der Waals surface area contributed by atoms with Crippen molar-refractivity contribution in [1.29, 1.82) is 0 Å². The van der Waals surface area contributed by atoms with Gasteiger partial charge in [0.05, 0.1) is 34.5 Å². The molecule has 0 spiro atoms. The number of hydrogen-bond acceptors (Lipinski definition) is 6. The molecule has 7 nitrogen and oxygen atoms in total. The van der Waals surface area contributed by atoms with Crippen LogP contribution in [-0.4, -0.2) is 40.5 Å². The largest absolute Gasteiger partial charge is 0.496 e. The molecule has 0 aromatic heterocycles. The molecule has 0 fully saturated rings. The van der Waals surface area contributed by atoms with Crippen LogP contribution in [0.15, 0.2) is 36.4 Å². The first-order valence-corrected chi connectivity index (χ1v) is 10.2. The SMILES string of the molecule is CCCOc1ccc(/C=C/C(=O)NCc2cc(OC)c(OC)cc2OC)cc1OCC. The number of methoxy groups -OCH3 is 3. The van der Waals surface area contributed by atoms with Crippen molar-refractivity contribution in [2.75, 3.05) is 34.5 Å². The molecule has 2 aromatic carbocycles. The highest BCUT2D eigenvalue weighted by Crippen LogP contribution is 2.34. The second-order valence-corrected chi connectivity index (χ2v) is 6.56. The van der Waals surface area contributed by atoms with Gasteiger partial charge in [0.2, 0.25) is 5.91 Å². The molecule has 2 aromatic rings. The summed E-state index contributed by atoms with van der Waals surface area (Å²) in [7, 11) is 4.68. The van der Waals surface area contributed by atoms with Crippen LogP contribution in [0.2, 0.25) is 0 Å². The first-order chi connectivity index (χ1) is 15.1. The molecule has 0 radical (unpaired) electrons. The number of carbonyl (C=O) groups excluding carboxylic acids is 1. The summed E-state index contributed by atoms with van der Waals surface area (Å²) in [5.41, 5.74) is 1.61. The van der Waals surface area contributed by atoms with Gasteiger partial charge in [0, 0.05) is 24.3 Å². The van der Waals surface area contributed by atoms with Crippen molar-refractivity contribution >= 4 is 12.0 Å². The van der Waals surface area contributed by atoms with Crippen molar-refractivity contribution in [3.63, 3.8) is 0 Å². The van der Waals surface area contributed by atoms with Crippen molar-refractivity contribution in [2.45, 2.75) is 26.8 Å². The van der Waals surface area contributed by atoms with Crippen LogP contribution in [0.1, 0.15) is 31.4 Å². The number of carbonyl (C=O) groups is 1. The van der Waals surface area contributed by atoms with Crippen LogP contribution in [0.4, 0.5) is 0 Å². The van der Waals surface area contributed by atoms with Gasteiger partial charge < -0.3 is 29.0 Å². The first-order valence-electron chi connectivity index (χ1n) is 10.2. The van der Waals surface area contributed by atoms with Crippen molar-refractivity contribution in [3.8, 4) is 28.7 Å². The summed E-state index contributed by atoms with van der Waals surface area (Å²) >= 11 is 0. The van der Waals surface area contributed by atoms with E-state index in [0.29, 0.717) is 42.0 Å².